The lowest BCUT2D eigenvalue weighted by Crippen LogP contribution is -2.26. The van der Waals surface area contributed by atoms with Crippen molar-refractivity contribution in [2.24, 2.45) is 7.05 Å². The van der Waals surface area contributed by atoms with Crippen LogP contribution in [0.1, 0.15) is 16.2 Å². The van der Waals surface area contributed by atoms with E-state index in [4.69, 9.17) is 4.74 Å². The molecule has 1 aromatic carbocycles. The van der Waals surface area contributed by atoms with E-state index in [1.807, 2.05) is 0 Å². The van der Waals surface area contributed by atoms with Crippen molar-refractivity contribution in [2.75, 3.05) is 5.32 Å². The van der Waals surface area contributed by atoms with Crippen LogP contribution in [0.5, 0.6) is 11.6 Å². The molecule has 1 N–H and O–H groups in total. The molecule has 4 aromatic rings. The summed E-state index contributed by atoms with van der Waals surface area (Å²) in [6, 6.07) is 13.4. The molecule has 0 aliphatic rings. The normalized spacial score (nSPS) is 10.6. The van der Waals surface area contributed by atoms with Crippen LogP contribution in [0.3, 0.4) is 0 Å². The van der Waals surface area contributed by atoms with Gasteiger partial charge < -0.3 is 14.6 Å². The van der Waals surface area contributed by atoms with Gasteiger partial charge in [-0.15, -0.1) is 0 Å². The van der Waals surface area contributed by atoms with Crippen molar-refractivity contribution in [1.82, 2.24) is 24.3 Å². The van der Waals surface area contributed by atoms with E-state index in [2.05, 4.69) is 20.4 Å². The molecule has 0 radical (unpaired) electrons. The standard InChI is InChI=1S/C21H18N6O3/c1-14-23-18(27-12-4-10-22-27)13-19(24-14)30-16-8-6-15(7-9-16)25-20(28)17-5-3-11-26(2)21(17)29/h3-13H,1-2H3,(H,25,28). The molecule has 9 nitrogen and oxygen atoms in total. The van der Waals surface area contributed by atoms with E-state index in [0.717, 1.165) is 0 Å². The number of nitrogens with zero attached hydrogens (tertiary/aromatic N) is 5. The average molecular weight is 402 g/mol. The molecular weight excluding hydrogens is 384 g/mol. The van der Waals surface area contributed by atoms with Crippen LogP contribution >= 0.6 is 0 Å². The minimum absolute atomic E-state index is 0.0722. The minimum atomic E-state index is -0.472. The molecular formula is C21H18N6O3. The molecule has 9 heteroatoms. The predicted octanol–water partition coefficient (Wildman–Crippen LogP) is 2.71. The lowest BCUT2D eigenvalue weighted by molar-refractivity contribution is 0.102. The Morgan fingerprint density at radius 2 is 1.87 bits per heavy atom. The van der Waals surface area contributed by atoms with Crippen LogP contribution in [-0.2, 0) is 7.05 Å². The Balaban J connectivity index is 1.49. The molecule has 0 aliphatic heterocycles. The maximum absolute atomic E-state index is 12.4. The molecule has 1 amide bonds. The van der Waals surface area contributed by atoms with Crippen LogP contribution in [0.2, 0.25) is 0 Å². The predicted molar refractivity (Wildman–Crippen MR) is 110 cm³/mol. The van der Waals surface area contributed by atoms with Crippen LogP contribution in [0, 0.1) is 6.92 Å². The van der Waals surface area contributed by atoms with Gasteiger partial charge in [0.2, 0.25) is 5.88 Å². The second-order valence-electron chi connectivity index (χ2n) is 6.48. The Kier molecular flexibility index (Phi) is 5.08. The highest BCUT2D eigenvalue weighted by Gasteiger charge is 2.12. The number of carbonyl (C=O) groups is 1. The number of hydrogen-bond donors (Lipinski definition) is 1. The molecule has 150 valence electrons. The van der Waals surface area contributed by atoms with E-state index in [0.29, 0.717) is 29.0 Å². The van der Waals surface area contributed by atoms with Gasteiger partial charge >= 0.3 is 0 Å². The number of rotatable bonds is 5. The first-order valence-corrected chi connectivity index (χ1v) is 9.10. The summed E-state index contributed by atoms with van der Waals surface area (Å²) in [6.07, 6.45) is 5.04. The fourth-order valence-corrected chi connectivity index (χ4v) is 2.79. The Labute approximate surface area is 171 Å². The third-order valence-electron chi connectivity index (χ3n) is 4.24. The molecule has 0 fully saturated rings. The summed E-state index contributed by atoms with van der Waals surface area (Å²) < 4.78 is 8.79. The summed E-state index contributed by atoms with van der Waals surface area (Å²) >= 11 is 0. The van der Waals surface area contributed by atoms with E-state index in [9.17, 15) is 9.59 Å². The highest BCUT2D eigenvalue weighted by atomic mass is 16.5. The van der Waals surface area contributed by atoms with Crippen molar-refractivity contribution in [2.45, 2.75) is 6.92 Å². The first-order chi connectivity index (χ1) is 14.5. The Morgan fingerprint density at radius 1 is 1.07 bits per heavy atom. The number of anilines is 1. The topological polar surface area (TPSA) is 104 Å². The van der Waals surface area contributed by atoms with E-state index in [1.54, 1.807) is 79.7 Å². The van der Waals surface area contributed by atoms with Crippen LogP contribution in [0.25, 0.3) is 5.82 Å². The highest BCUT2D eigenvalue weighted by Crippen LogP contribution is 2.23. The van der Waals surface area contributed by atoms with E-state index in [1.165, 1.54) is 10.6 Å². The number of hydrogen-bond acceptors (Lipinski definition) is 6. The summed E-state index contributed by atoms with van der Waals surface area (Å²) in [4.78, 5) is 33.1. The van der Waals surface area contributed by atoms with Crippen molar-refractivity contribution in [3.05, 3.63) is 88.9 Å². The zero-order valence-electron chi connectivity index (χ0n) is 16.3. The quantitative estimate of drug-likeness (QED) is 0.550. The molecule has 0 bridgehead atoms. The summed E-state index contributed by atoms with van der Waals surface area (Å²) in [5.41, 5.74) is 0.249. The monoisotopic (exact) mass is 402 g/mol. The Hall–Kier alpha value is -4.27. The Bertz CT molecular complexity index is 1250. The SMILES string of the molecule is Cc1nc(Oc2ccc(NC(=O)c3cccn(C)c3=O)cc2)cc(-n2cccn2)n1. The summed E-state index contributed by atoms with van der Waals surface area (Å²) in [7, 11) is 1.60. The summed E-state index contributed by atoms with van der Waals surface area (Å²) in [5, 5.41) is 6.87. The van der Waals surface area contributed by atoms with E-state index < -0.39 is 5.91 Å². The van der Waals surface area contributed by atoms with Gasteiger partial charge in [-0.25, -0.2) is 9.67 Å². The van der Waals surface area contributed by atoms with Gasteiger partial charge in [0.25, 0.3) is 11.5 Å². The fraction of sp³-hybridized carbons (Fsp3) is 0.0952. The van der Waals surface area contributed by atoms with Crippen LogP contribution in [-0.4, -0.2) is 30.2 Å². The van der Waals surface area contributed by atoms with Crippen LogP contribution in [0.4, 0.5) is 5.69 Å². The molecule has 0 saturated heterocycles. The number of aryl methyl sites for hydroxylation is 2. The van der Waals surface area contributed by atoms with Gasteiger partial charge in [-0.05, 0) is 49.4 Å². The van der Waals surface area contributed by atoms with Gasteiger partial charge in [0.1, 0.15) is 17.1 Å². The molecule has 3 aromatic heterocycles. The van der Waals surface area contributed by atoms with Gasteiger partial charge in [0.05, 0.1) is 0 Å². The smallest absolute Gasteiger partial charge is 0.263 e. The zero-order valence-corrected chi connectivity index (χ0v) is 16.3. The van der Waals surface area contributed by atoms with Gasteiger partial charge in [-0.3, -0.25) is 9.59 Å². The number of ether oxygens (including phenoxy) is 1. The lowest BCUT2D eigenvalue weighted by Gasteiger charge is -2.09. The lowest BCUT2D eigenvalue weighted by atomic mass is 10.2. The second-order valence-corrected chi connectivity index (χ2v) is 6.48. The van der Waals surface area contributed by atoms with Gasteiger partial charge in [-0.2, -0.15) is 10.1 Å². The number of nitrogens with one attached hydrogen (secondary N) is 1. The molecule has 0 atom stereocenters. The molecule has 3 heterocycles. The van der Waals surface area contributed by atoms with Gasteiger partial charge in [0, 0.05) is 37.4 Å². The number of benzene rings is 1. The van der Waals surface area contributed by atoms with E-state index in [-0.39, 0.29) is 11.1 Å². The molecule has 0 unspecified atom stereocenters. The zero-order chi connectivity index (χ0) is 21.1. The summed E-state index contributed by atoms with van der Waals surface area (Å²) in [6.45, 7) is 1.77. The van der Waals surface area contributed by atoms with Gasteiger partial charge in [-0.1, -0.05) is 0 Å². The molecule has 30 heavy (non-hydrogen) atoms. The van der Waals surface area contributed by atoms with Crippen molar-refractivity contribution >= 4 is 11.6 Å². The average Bonchev–Trinajstić information content (AvgIpc) is 3.26. The molecule has 0 aliphatic carbocycles. The number of amides is 1. The second kappa shape index (κ2) is 8.00. The first kappa shape index (κ1) is 19.1. The summed E-state index contributed by atoms with van der Waals surface area (Å²) in [5.74, 6) is 1.58. The minimum Gasteiger partial charge on any atom is -0.439 e. The Morgan fingerprint density at radius 3 is 2.60 bits per heavy atom. The third-order valence-corrected chi connectivity index (χ3v) is 4.24. The van der Waals surface area contributed by atoms with Crippen molar-refractivity contribution in [3.63, 3.8) is 0 Å². The van der Waals surface area contributed by atoms with Crippen molar-refractivity contribution in [3.8, 4) is 17.4 Å². The number of carbonyl (C=O) groups excluding carboxylic acids is 1. The maximum atomic E-state index is 12.4. The molecule has 4 rings (SSSR count). The fourth-order valence-electron chi connectivity index (χ4n) is 2.79. The number of pyridine rings is 1. The molecule has 0 saturated carbocycles. The molecule has 0 spiro atoms. The largest absolute Gasteiger partial charge is 0.439 e. The van der Waals surface area contributed by atoms with E-state index >= 15 is 0 Å². The van der Waals surface area contributed by atoms with Gasteiger partial charge in [0.15, 0.2) is 5.82 Å². The first-order valence-electron chi connectivity index (χ1n) is 9.10. The van der Waals surface area contributed by atoms with Crippen LogP contribution < -0.4 is 15.6 Å². The highest BCUT2D eigenvalue weighted by molar-refractivity contribution is 6.03. The van der Waals surface area contributed by atoms with Crippen LogP contribution in [0.15, 0.2) is 71.9 Å². The maximum Gasteiger partial charge on any atom is 0.263 e. The van der Waals surface area contributed by atoms with Crippen molar-refractivity contribution in [1.29, 1.82) is 0 Å². The number of aromatic nitrogens is 5. The third kappa shape index (κ3) is 4.09. The van der Waals surface area contributed by atoms with Crippen molar-refractivity contribution < 1.29 is 9.53 Å².